The topological polar surface area (TPSA) is 75.3 Å². The van der Waals surface area contributed by atoms with Crippen LogP contribution in [0, 0.1) is 12.3 Å². The molecule has 0 bridgehead atoms. The zero-order valence-corrected chi connectivity index (χ0v) is 20.6. The fraction of sp³-hybridized carbons (Fsp3) is 0.565. The first-order valence-corrected chi connectivity index (χ1v) is 12.4. The number of aryl methyl sites for hydroxylation is 1. The lowest BCUT2D eigenvalue weighted by Gasteiger charge is -2.43. The Morgan fingerprint density at radius 3 is 2.52 bits per heavy atom. The van der Waals surface area contributed by atoms with Crippen molar-refractivity contribution in [3.05, 3.63) is 39.6 Å². The van der Waals surface area contributed by atoms with Crippen LogP contribution in [-0.4, -0.2) is 34.2 Å². The molecule has 2 fully saturated rings. The van der Waals surface area contributed by atoms with Crippen molar-refractivity contribution < 1.29 is 5.11 Å². The number of hydrogen-bond donors (Lipinski definition) is 2. The van der Waals surface area contributed by atoms with Gasteiger partial charge in [-0.1, -0.05) is 47.5 Å². The zero-order valence-electron chi connectivity index (χ0n) is 18.3. The van der Waals surface area contributed by atoms with Gasteiger partial charge in [-0.05, 0) is 64.0 Å². The number of benzene rings is 1. The molecule has 31 heavy (non-hydrogen) atoms. The van der Waals surface area contributed by atoms with E-state index in [1.54, 1.807) is 19.9 Å². The molecular formula is C23H30Cl2N4OS. The molecule has 1 aromatic heterocycles. The lowest BCUT2D eigenvalue weighted by Crippen LogP contribution is -2.47. The average molecular weight is 481 g/mol. The Balaban J connectivity index is 1.64. The molecule has 168 valence electrons. The summed E-state index contributed by atoms with van der Waals surface area (Å²) in [6.07, 6.45) is 5.71. The van der Waals surface area contributed by atoms with E-state index in [0.29, 0.717) is 21.8 Å². The Morgan fingerprint density at radius 2 is 1.90 bits per heavy atom. The van der Waals surface area contributed by atoms with E-state index in [9.17, 15) is 5.11 Å². The number of rotatable bonds is 4. The molecule has 8 heteroatoms. The molecule has 0 radical (unpaired) electrons. The molecule has 1 unspecified atom stereocenters. The van der Waals surface area contributed by atoms with E-state index in [0.717, 1.165) is 53.8 Å². The average Bonchev–Trinajstić information content (AvgIpc) is 3.06. The third kappa shape index (κ3) is 4.55. The first kappa shape index (κ1) is 23.1. The second kappa shape index (κ2) is 8.71. The molecule has 4 rings (SSSR count). The maximum Gasteiger partial charge on any atom is 0.153 e. The normalized spacial score (nSPS) is 21.1. The van der Waals surface area contributed by atoms with E-state index in [2.05, 4.69) is 4.90 Å². The van der Waals surface area contributed by atoms with E-state index in [4.69, 9.17) is 38.9 Å². The molecule has 2 heterocycles. The Bertz CT molecular complexity index is 971. The van der Waals surface area contributed by atoms with Gasteiger partial charge in [-0.25, -0.2) is 9.97 Å². The largest absolute Gasteiger partial charge is 0.384 e. The molecule has 3 N–H and O–H groups in total. The fourth-order valence-electron chi connectivity index (χ4n) is 4.84. The van der Waals surface area contributed by atoms with E-state index in [1.165, 1.54) is 24.6 Å². The molecule has 1 aromatic carbocycles. The summed E-state index contributed by atoms with van der Waals surface area (Å²) < 4.78 is 0. The lowest BCUT2D eigenvalue weighted by atomic mass is 9.74. The van der Waals surface area contributed by atoms with Gasteiger partial charge in [-0.2, -0.15) is 0 Å². The summed E-state index contributed by atoms with van der Waals surface area (Å²) in [5.74, 6) is 0.771. The summed E-state index contributed by atoms with van der Waals surface area (Å²) in [5, 5.41) is 12.6. The molecule has 1 spiro atoms. The molecule has 1 aliphatic carbocycles. The Labute approximate surface area is 198 Å². The smallest absolute Gasteiger partial charge is 0.153 e. The minimum atomic E-state index is -1.12. The molecule has 1 saturated heterocycles. The van der Waals surface area contributed by atoms with Crippen LogP contribution in [0.3, 0.4) is 0 Å². The zero-order chi connectivity index (χ0) is 22.4. The van der Waals surface area contributed by atoms with Crippen molar-refractivity contribution in [3.8, 4) is 0 Å². The highest BCUT2D eigenvalue weighted by molar-refractivity contribution is 7.99. The van der Waals surface area contributed by atoms with Gasteiger partial charge in [0.1, 0.15) is 16.3 Å². The van der Waals surface area contributed by atoms with Crippen molar-refractivity contribution in [2.75, 3.05) is 18.0 Å². The van der Waals surface area contributed by atoms with Crippen molar-refractivity contribution in [2.24, 2.45) is 11.1 Å². The van der Waals surface area contributed by atoms with Gasteiger partial charge < -0.3 is 15.7 Å². The molecule has 1 saturated carbocycles. The van der Waals surface area contributed by atoms with Gasteiger partial charge in [0.2, 0.25) is 0 Å². The number of nitrogens with zero attached hydrogens (tertiary/aromatic N) is 3. The van der Waals surface area contributed by atoms with Crippen molar-refractivity contribution in [2.45, 2.75) is 74.4 Å². The maximum absolute atomic E-state index is 10.9. The summed E-state index contributed by atoms with van der Waals surface area (Å²) >= 11 is 14.0. The van der Waals surface area contributed by atoms with Crippen LogP contribution in [0.15, 0.2) is 28.1 Å². The number of anilines is 1. The molecule has 2 aromatic rings. The summed E-state index contributed by atoms with van der Waals surface area (Å²) in [6, 6.07) is 5.84. The van der Waals surface area contributed by atoms with Crippen molar-refractivity contribution in [1.82, 2.24) is 9.97 Å². The lowest BCUT2D eigenvalue weighted by molar-refractivity contribution is 0.0729. The van der Waals surface area contributed by atoms with Crippen LogP contribution in [0.25, 0.3) is 0 Å². The predicted octanol–water partition coefficient (Wildman–Crippen LogP) is 5.57. The third-order valence-corrected chi connectivity index (χ3v) is 8.82. The fourth-order valence-corrected chi connectivity index (χ4v) is 6.19. The van der Waals surface area contributed by atoms with Gasteiger partial charge >= 0.3 is 0 Å². The van der Waals surface area contributed by atoms with Crippen molar-refractivity contribution in [1.29, 1.82) is 0 Å². The van der Waals surface area contributed by atoms with Gasteiger partial charge in [0.05, 0.1) is 15.7 Å². The predicted molar refractivity (Wildman–Crippen MR) is 128 cm³/mol. The van der Waals surface area contributed by atoms with Crippen LogP contribution in [0.5, 0.6) is 0 Å². The minimum Gasteiger partial charge on any atom is -0.384 e. The van der Waals surface area contributed by atoms with Gasteiger partial charge in [0.25, 0.3) is 0 Å². The van der Waals surface area contributed by atoms with E-state index in [1.807, 2.05) is 19.1 Å². The van der Waals surface area contributed by atoms with Gasteiger partial charge in [-0.3, -0.25) is 0 Å². The minimum absolute atomic E-state index is 0.271. The number of piperidine rings is 1. The second-order valence-corrected chi connectivity index (χ2v) is 11.2. The molecule has 1 aliphatic heterocycles. The van der Waals surface area contributed by atoms with E-state index in [-0.39, 0.29) is 5.41 Å². The molecule has 5 nitrogen and oxygen atoms in total. The molecular weight excluding hydrogens is 451 g/mol. The van der Waals surface area contributed by atoms with Gasteiger partial charge in [0, 0.05) is 24.0 Å². The van der Waals surface area contributed by atoms with Crippen molar-refractivity contribution >= 4 is 40.8 Å². The number of aromatic nitrogens is 2. The number of halogens is 2. The van der Waals surface area contributed by atoms with E-state index < -0.39 is 5.60 Å². The molecule has 1 atom stereocenters. The number of nitrogens with two attached hydrogens (primary N) is 1. The monoisotopic (exact) mass is 480 g/mol. The van der Waals surface area contributed by atoms with Crippen LogP contribution >= 0.6 is 35.0 Å². The highest BCUT2D eigenvalue weighted by Crippen LogP contribution is 2.47. The quantitative estimate of drug-likeness (QED) is 0.595. The van der Waals surface area contributed by atoms with Gasteiger partial charge in [-0.15, -0.1) is 0 Å². The summed E-state index contributed by atoms with van der Waals surface area (Å²) in [5.41, 5.74) is 7.00. The second-order valence-electron chi connectivity index (χ2n) is 9.35. The highest BCUT2D eigenvalue weighted by atomic mass is 35.5. The van der Waals surface area contributed by atoms with Crippen LogP contribution in [0.4, 0.5) is 5.82 Å². The Morgan fingerprint density at radius 1 is 1.19 bits per heavy atom. The molecule has 0 amide bonds. The summed E-state index contributed by atoms with van der Waals surface area (Å²) in [6.45, 7) is 7.24. The standard InChI is InChI=1S/C23H30Cl2N4OS/c1-14-21(31-16-7-4-6-15(24)18(16)25)28-19(22(2,3)30)20(27-14)29-12-10-23(11-13-29)9-5-8-17(23)26/h4,6-7,17,30H,5,8-13,26H2,1-3H3. The summed E-state index contributed by atoms with van der Waals surface area (Å²) in [7, 11) is 0. The van der Waals surface area contributed by atoms with E-state index >= 15 is 0 Å². The summed E-state index contributed by atoms with van der Waals surface area (Å²) in [4.78, 5) is 12.9. The molecule has 2 aliphatic rings. The first-order chi connectivity index (χ1) is 14.6. The van der Waals surface area contributed by atoms with Crippen LogP contribution in [0.1, 0.15) is 57.3 Å². The van der Waals surface area contributed by atoms with Crippen LogP contribution < -0.4 is 10.6 Å². The Hall–Kier alpha value is -1.05. The number of aliphatic hydroxyl groups is 1. The van der Waals surface area contributed by atoms with Gasteiger partial charge in [0.15, 0.2) is 5.82 Å². The maximum atomic E-state index is 10.9. The third-order valence-electron chi connectivity index (χ3n) is 6.75. The van der Waals surface area contributed by atoms with Crippen LogP contribution in [-0.2, 0) is 5.60 Å². The first-order valence-electron chi connectivity index (χ1n) is 10.8. The van der Waals surface area contributed by atoms with Crippen LogP contribution in [0.2, 0.25) is 10.0 Å². The number of hydrogen-bond acceptors (Lipinski definition) is 6. The highest BCUT2D eigenvalue weighted by Gasteiger charge is 2.43. The SMILES string of the molecule is Cc1nc(N2CCC3(CCCC3N)CC2)c(C(C)(C)O)nc1Sc1cccc(Cl)c1Cl. The van der Waals surface area contributed by atoms with Crippen molar-refractivity contribution in [3.63, 3.8) is 0 Å². The Kier molecular flexibility index (Phi) is 6.50.